The Balaban J connectivity index is 2.04. The zero-order chi connectivity index (χ0) is 19.6. The molecular formula is C21H39NO3Si. The molecule has 0 aromatic heterocycles. The van der Waals surface area contributed by atoms with Crippen LogP contribution in [0.3, 0.4) is 0 Å². The largest absolute Gasteiger partial charge is 0.444 e. The maximum absolute atomic E-state index is 12.5. The highest BCUT2D eigenvalue weighted by atomic mass is 28.4. The second kappa shape index (κ2) is 7.67. The molecule has 0 radical (unpaired) electrons. The van der Waals surface area contributed by atoms with E-state index in [1.165, 1.54) is 6.42 Å². The summed E-state index contributed by atoms with van der Waals surface area (Å²) in [5, 5.41) is 0. The van der Waals surface area contributed by atoms with Crippen molar-refractivity contribution in [2.24, 2.45) is 5.41 Å². The van der Waals surface area contributed by atoms with Crippen molar-refractivity contribution in [3.8, 4) is 0 Å². The normalized spacial score (nSPS) is 29.4. The van der Waals surface area contributed by atoms with Crippen LogP contribution in [0.1, 0.15) is 67.2 Å². The minimum atomic E-state index is -1.67. The first-order valence-electron chi connectivity index (χ1n) is 10.4. The molecule has 0 bridgehead atoms. The van der Waals surface area contributed by atoms with Crippen LogP contribution in [0.5, 0.6) is 0 Å². The number of carbonyl (C=O) groups excluding carboxylic acids is 1. The zero-order valence-corrected chi connectivity index (χ0v) is 18.8. The molecule has 1 spiro atoms. The van der Waals surface area contributed by atoms with E-state index in [1.807, 2.05) is 31.7 Å². The number of nitrogens with zero attached hydrogens (tertiary/aromatic N) is 1. The van der Waals surface area contributed by atoms with Crippen LogP contribution in [0.4, 0.5) is 4.79 Å². The predicted molar refractivity (Wildman–Crippen MR) is 110 cm³/mol. The van der Waals surface area contributed by atoms with Crippen LogP contribution in [0.15, 0.2) is 12.7 Å². The molecule has 0 aromatic carbocycles. The van der Waals surface area contributed by atoms with Crippen molar-refractivity contribution < 1.29 is 14.0 Å². The first-order chi connectivity index (χ1) is 12.1. The maximum atomic E-state index is 12.5. The summed E-state index contributed by atoms with van der Waals surface area (Å²) in [6.07, 6.45) is 6.09. The van der Waals surface area contributed by atoms with E-state index >= 15 is 0 Å². The molecule has 0 aromatic rings. The summed E-state index contributed by atoms with van der Waals surface area (Å²) in [5.74, 6) is 0. The highest BCUT2D eigenvalue weighted by Crippen LogP contribution is 2.57. The van der Waals surface area contributed by atoms with Crippen molar-refractivity contribution in [2.75, 3.05) is 13.1 Å². The second-order valence-corrected chi connectivity index (χ2v) is 14.2. The molecule has 2 fully saturated rings. The first-order valence-corrected chi connectivity index (χ1v) is 12.9. The van der Waals surface area contributed by atoms with E-state index in [9.17, 15) is 4.79 Å². The molecule has 5 heteroatoms. The zero-order valence-electron chi connectivity index (χ0n) is 17.8. The third kappa shape index (κ3) is 4.53. The third-order valence-electron chi connectivity index (χ3n) is 6.39. The Morgan fingerprint density at radius 2 is 1.77 bits per heavy atom. The lowest BCUT2D eigenvalue weighted by molar-refractivity contribution is -0.113. The van der Waals surface area contributed by atoms with Gasteiger partial charge in [-0.1, -0.05) is 26.8 Å². The van der Waals surface area contributed by atoms with Crippen LogP contribution in [0.2, 0.25) is 18.1 Å². The molecule has 0 atom stereocenters. The Labute approximate surface area is 161 Å². The molecule has 2 rings (SSSR count). The Hall–Kier alpha value is -0.813. The minimum absolute atomic E-state index is 0.173. The molecule has 4 nitrogen and oxygen atoms in total. The van der Waals surface area contributed by atoms with Gasteiger partial charge in [-0.2, -0.15) is 0 Å². The van der Waals surface area contributed by atoms with Crippen molar-refractivity contribution in [1.82, 2.24) is 4.90 Å². The van der Waals surface area contributed by atoms with Crippen LogP contribution in [-0.4, -0.2) is 43.6 Å². The number of ether oxygens (including phenoxy) is 1. The van der Waals surface area contributed by atoms with Crippen molar-refractivity contribution >= 4 is 14.4 Å². The van der Waals surface area contributed by atoms with Crippen LogP contribution in [0.25, 0.3) is 0 Å². The molecule has 0 N–H and O–H groups in total. The number of piperidine rings is 1. The van der Waals surface area contributed by atoms with Gasteiger partial charge in [-0.3, -0.25) is 0 Å². The molecular weight excluding hydrogens is 342 g/mol. The quantitative estimate of drug-likeness (QED) is 0.435. The predicted octanol–water partition coefficient (Wildman–Crippen LogP) is 5.74. The van der Waals surface area contributed by atoms with E-state index in [0.29, 0.717) is 0 Å². The highest BCUT2D eigenvalue weighted by molar-refractivity contribution is 6.73. The molecule has 1 aliphatic carbocycles. The van der Waals surface area contributed by atoms with Crippen molar-refractivity contribution in [1.29, 1.82) is 0 Å². The summed E-state index contributed by atoms with van der Waals surface area (Å²) in [6, 6.07) is 3.48. The first kappa shape index (κ1) is 21.5. The minimum Gasteiger partial charge on any atom is -0.444 e. The van der Waals surface area contributed by atoms with Gasteiger partial charge in [0.05, 0.1) is 5.60 Å². The van der Waals surface area contributed by atoms with Gasteiger partial charge in [0.2, 0.25) is 0 Å². The fourth-order valence-electron chi connectivity index (χ4n) is 4.85. The van der Waals surface area contributed by atoms with E-state index in [-0.39, 0.29) is 17.1 Å². The van der Waals surface area contributed by atoms with Gasteiger partial charge in [0.25, 0.3) is 0 Å². The average Bonchev–Trinajstić information content (AvgIpc) is 2.57. The number of hydrogen-bond acceptors (Lipinski definition) is 3. The summed E-state index contributed by atoms with van der Waals surface area (Å²) in [4.78, 5) is 14.4. The summed E-state index contributed by atoms with van der Waals surface area (Å²) in [7, 11) is -1.67. The third-order valence-corrected chi connectivity index (χ3v) is 11.1. The Morgan fingerprint density at radius 1 is 1.19 bits per heavy atom. The Morgan fingerprint density at radius 3 is 2.23 bits per heavy atom. The number of likely N-dealkylation sites (tertiary alicyclic amines) is 1. The monoisotopic (exact) mass is 381 g/mol. The lowest BCUT2D eigenvalue weighted by atomic mass is 9.56. The number of carbonyl (C=O) groups is 1. The van der Waals surface area contributed by atoms with Crippen LogP contribution < -0.4 is 0 Å². The molecule has 1 amide bonds. The lowest BCUT2D eigenvalue weighted by Crippen LogP contribution is -2.62. The summed E-state index contributed by atoms with van der Waals surface area (Å²) >= 11 is 0. The van der Waals surface area contributed by atoms with E-state index in [1.54, 1.807) is 0 Å². The van der Waals surface area contributed by atoms with Crippen LogP contribution >= 0.6 is 0 Å². The van der Waals surface area contributed by atoms with Gasteiger partial charge in [-0.15, -0.1) is 6.58 Å². The smallest absolute Gasteiger partial charge is 0.410 e. The average molecular weight is 382 g/mol. The maximum Gasteiger partial charge on any atom is 0.410 e. The SMILES string of the molecule is C=CC1(O[Si](CC)(CC)CC)CC2(CCCN(C(=O)OC(C)(C)C)C2)C1. The van der Waals surface area contributed by atoms with Crippen molar-refractivity contribution in [2.45, 2.75) is 96.6 Å². The fourth-order valence-corrected chi connectivity index (χ4v) is 7.88. The van der Waals surface area contributed by atoms with Gasteiger partial charge < -0.3 is 14.1 Å². The fraction of sp³-hybridized carbons (Fsp3) is 0.857. The molecule has 150 valence electrons. The molecule has 1 saturated heterocycles. The highest BCUT2D eigenvalue weighted by Gasteiger charge is 2.57. The number of rotatable bonds is 6. The summed E-state index contributed by atoms with van der Waals surface area (Å²) in [6.45, 7) is 18.3. The molecule has 1 heterocycles. The molecule has 0 unspecified atom stereocenters. The number of amides is 1. The van der Waals surface area contributed by atoms with Crippen molar-refractivity contribution in [3.63, 3.8) is 0 Å². The van der Waals surface area contributed by atoms with Gasteiger partial charge in [0.15, 0.2) is 8.32 Å². The standard InChI is InChI=1S/C21H39NO3Si/c1-8-21(25-26(9-2,10-3)11-4)15-20(16-21)13-12-14-22(17-20)18(23)24-19(5,6)7/h8H,1,9-17H2,2-7H3. The summed E-state index contributed by atoms with van der Waals surface area (Å²) < 4.78 is 12.4. The van der Waals surface area contributed by atoms with Gasteiger partial charge in [0, 0.05) is 13.1 Å². The topological polar surface area (TPSA) is 38.8 Å². The van der Waals surface area contributed by atoms with Crippen molar-refractivity contribution in [3.05, 3.63) is 12.7 Å². The van der Waals surface area contributed by atoms with Gasteiger partial charge in [-0.25, -0.2) is 4.79 Å². The molecule has 2 aliphatic rings. The molecule has 26 heavy (non-hydrogen) atoms. The van der Waals surface area contributed by atoms with Gasteiger partial charge in [-0.05, 0) is 70.0 Å². The van der Waals surface area contributed by atoms with Crippen LogP contribution in [0, 0.1) is 5.41 Å². The summed E-state index contributed by atoms with van der Waals surface area (Å²) in [5.41, 5.74) is -0.437. The van der Waals surface area contributed by atoms with E-state index in [4.69, 9.17) is 9.16 Å². The van der Waals surface area contributed by atoms with E-state index in [0.717, 1.165) is 50.5 Å². The molecule has 1 aliphatic heterocycles. The number of hydrogen-bond donors (Lipinski definition) is 0. The Bertz CT molecular complexity index is 508. The Kier molecular flexibility index (Phi) is 6.33. The second-order valence-electron chi connectivity index (χ2n) is 9.47. The molecule has 1 saturated carbocycles. The van der Waals surface area contributed by atoms with Crippen LogP contribution in [-0.2, 0) is 9.16 Å². The van der Waals surface area contributed by atoms with Gasteiger partial charge in [0.1, 0.15) is 5.60 Å². The lowest BCUT2D eigenvalue weighted by Gasteiger charge is -2.60. The van der Waals surface area contributed by atoms with E-state index in [2.05, 4.69) is 27.4 Å². The van der Waals surface area contributed by atoms with E-state index < -0.39 is 13.9 Å². The van der Waals surface area contributed by atoms with Gasteiger partial charge >= 0.3 is 6.09 Å².